The summed E-state index contributed by atoms with van der Waals surface area (Å²) in [6.07, 6.45) is -4.94. The predicted octanol–water partition coefficient (Wildman–Crippen LogP) is -3.47. The number of carbonyl (C=O) groups excluding carboxylic acids is 1. The van der Waals surface area contributed by atoms with Gasteiger partial charge in [0.05, 0.1) is 6.61 Å². The molecule has 0 saturated carbocycles. The molecule has 5 N–H and O–H groups in total. The fourth-order valence-electron chi connectivity index (χ4n) is 1.36. The third-order valence-corrected chi connectivity index (χ3v) is 2.16. The van der Waals surface area contributed by atoms with Crippen molar-refractivity contribution in [2.24, 2.45) is 0 Å². The average Bonchev–Trinajstić information content (AvgIpc) is 2.18. The minimum Gasteiger partial charge on any atom is -0.394 e. The maximum Gasteiger partial charge on any atom is 0.207 e. The molecule has 14 heavy (non-hydrogen) atoms. The van der Waals surface area contributed by atoms with Crippen molar-refractivity contribution in [2.75, 3.05) is 6.61 Å². The van der Waals surface area contributed by atoms with Gasteiger partial charge in [-0.3, -0.25) is 4.79 Å². The summed E-state index contributed by atoms with van der Waals surface area (Å²) in [5.41, 5.74) is 0. The van der Waals surface area contributed by atoms with Crippen LogP contribution in [-0.4, -0.2) is 64.1 Å². The molecule has 0 unspecified atom stereocenters. The van der Waals surface area contributed by atoms with Crippen LogP contribution in [0, 0.1) is 0 Å². The normalized spacial score (nSPS) is 43.3. The summed E-state index contributed by atoms with van der Waals surface area (Å²) in [7, 11) is 0. The summed E-state index contributed by atoms with van der Waals surface area (Å²) in [5.74, 6) is 0. The first-order valence-corrected chi connectivity index (χ1v) is 4.12. The number of hydrogen-bond acceptors (Lipinski definition) is 6. The minimum atomic E-state index is -1.45. The molecule has 0 radical (unpaired) electrons. The number of ether oxygens (including phenoxy) is 1. The molecule has 1 aliphatic heterocycles. The molecule has 82 valence electrons. The van der Waals surface area contributed by atoms with Crippen LogP contribution in [0.1, 0.15) is 0 Å². The Hall–Kier alpha value is -0.730. The number of hydrogen-bond donors (Lipinski definition) is 5. The third-order valence-electron chi connectivity index (χ3n) is 2.16. The van der Waals surface area contributed by atoms with Gasteiger partial charge in [-0.25, -0.2) is 0 Å². The van der Waals surface area contributed by atoms with Crippen molar-refractivity contribution >= 4 is 6.41 Å². The Morgan fingerprint density at radius 2 is 1.93 bits per heavy atom. The molecule has 0 bridgehead atoms. The number of nitrogens with one attached hydrogen (secondary N) is 1. The van der Waals surface area contributed by atoms with Crippen molar-refractivity contribution in [2.45, 2.75) is 30.6 Å². The molecule has 0 aromatic heterocycles. The highest BCUT2D eigenvalue weighted by Crippen LogP contribution is 2.19. The summed E-state index contributed by atoms with van der Waals surface area (Å²) in [6.45, 7) is -0.525. The zero-order valence-corrected chi connectivity index (χ0v) is 7.28. The Kier molecular flexibility index (Phi) is 3.78. The fourth-order valence-corrected chi connectivity index (χ4v) is 1.36. The van der Waals surface area contributed by atoms with Crippen molar-refractivity contribution in [1.82, 2.24) is 5.32 Å². The Labute approximate surface area is 79.9 Å². The molecule has 0 aromatic carbocycles. The van der Waals surface area contributed by atoms with Gasteiger partial charge in [0.2, 0.25) is 6.41 Å². The van der Waals surface area contributed by atoms with Gasteiger partial charge in [-0.1, -0.05) is 0 Å². The first-order valence-electron chi connectivity index (χ1n) is 4.12. The fraction of sp³-hybridized carbons (Fsp3) is 0.857. The Balaban J connectivity index is 2.68. The molecule has 7 heteroatoms. The van der Waals surface area contributed by atoms with Gasteiger partial charge in [0.25, 0.3) is 0 Å². The van der Waals surface area contributed by atoms with Crippen molar-refractivity contribution in [3.63, 3.8) is 0 Å². The minimum absolute atomic E-state index is 0.284. The van der Waals surface area contributed by atoms with Gasteiger partial charge in [0.1, 0.15) is 24.4 Å². The van der Waals surface area contributed by atoms with Crippen molar-refractivity contribution in [1.29, 1.82) is 0 Å². The molecule has 1 amide bonds. The van der Waals surface area contributed by atoms with E-state index in [0.29, 0.717) is 0 Å². The quantitative estimate of drug-likeness (QED) is 0.307. The second-order valence-corrected chi connectivity index (χ2v) is 3.04. The lowest BCUT2D eigenvalue weighted by atomic mass is 9.97. The van der Waals surface area contributed by atoms with Crippen LogP contribution in [0.15, 0.2) is 0 Å². The maximum atomic E-state index is 10.1. The van der Waals surface area contributed by atoms with Gasteiger partial charge in [-0.15, -0.1) is 0 Å². The van der Waals surface area contributed by atoms with Gasteiger partial charge in [-0.2, -0.15) is 0 Å². The van der Waals surface area contributed by atoms with E-state index in [-0.39, 0.29) is 6.41 Å². The molecule has 1 fully saturated rings. The van der Waals surface area contributed by atoms with E-state index in [0.717, 1.165) is 0 Å². The van der Waals surface area contributed by atoms with Gasteiger partial charge in [0.15, 0.2) is 6.29 Å². The van der Waals surface area contributed by atoms with Crippen LogP contribution in [0.4, 0.5) is 0 Å². The lowest BCUT2D eigenvalue weighted by Crippen LogP contribution is -2.63. The lowest BCUT2D eigenvalue weighted by molar-refractivity contribution is -0.253. The molecular weight excluding hydrogens is 194 g/mol. The Morgan fingerprint density at radius 3 is 2.43 bits per heavy atom. The smallest absolute Gasteiger partial charge is 0.207 e. The van der Waals surface area contributed by atoms with E-state index in [1.54, 1.807) is 0 Å². The first kappa shape index (κ1) is 11.3. The number of carbonyl (C=O) groups is 1. The molecule has 5 atom stereocenters. The van der Waals surface area contributed by atoms with Crippen LogP contribution in [0.2, 0.25) is 0 Å². The highest BCUT2D eigenvalue weighted by molar-refractivity contribution is 5.47. The average molecular weight is 207 g/mol. The molecule has 7 nitrogen and oxygen atoms in total. The monoisotopic (exact) mass is 207 g/mol. The van der Waals surface area contributed by atoms with Crippen molar-refractivity contribution in [3.8, 4) is 0 Å². The summed E-state index contributed by atoms with van der Waals surface area (Å²) in [5, 5.41) is 38.9. The molecule has 1 heterocycles. The summed E-state index contributed by atoms with van der Waals surface area (Å²) < 4.78 is 4.76. The predicted molar refractivity (Wildman–Crippen MR) is 43.0 cm³/mol. The molecule has 0 aromatic rings. The zero-order chi connectivity index (χ0) is 10.7. The molecule has 0 aliphatic carbocycles. The van der Waals surface area contributed by atoms with Gasteiger partial charge in [0, 0.05) is 0 Å². The van der Waals surface area contributed by atoms with Gasteiger partial charge >= 0.3 is 0 Å². The molecule has 0 spiro atoms. The highest BCUT2D eigenvalue weighted by atomic mass is 16.6. The first-order chi connectivity index (χ1) is 6.61. The van der Waals surface area contributed by atoms with E-state index in [4.69, 9.17) is 9.84 Å². The van der Waals surface area contributed by atoms with Crippen LogP contribution in [-0.2, 0) is 9.53 Å². The largest absolute Gasteiger partial charge is 0.394 e. The zero-order valence-electron chi connectivity index (χ0n) is 7.28. The van der Waals surface area contributed by atoms with Gasteiger partial charge in [-0.05, 0) is 0 Å². The number of aliphatic hydroxyl groups is 4. The Morgan fingerprint density at radius 1 is 1.29 bits per heavy atom. The summed E-state index contributed by atoms with van der Waals surface area (Å²) >= 11 is 0. The number of rotatable bonds is 3. The van der Waals surface area contributed by atoms with E-state index in [1.807, 2.05) is 0 Å². The van der Waals surface area contributed by atoms with E-state index in [2.05, 4.69) is 5.32 Å². The van der Waals surface area contributed by atoms with Gasteiger partial charge < -0.3 is 30.5 Å². The summed E-state index contributed by atoms with van der Waals surface area (Å²) in [6, 6.07) is -1.09. The molecule has 1 aliphatic rings. The lowest BCUT2D eigenvalue weighted by Gasteiger charge is -2.39. The van der Waals surface area contributed by atoms with Crippen molar-refractivity contribution in [3.05, 3.63) is 0 Å². The van der Waals surface area contributed by atoms with Crippen LogP contribution in [0.25, 0.3) is 0 Å². The number of aliphatic hydroxyl groups excluding tert-OH is 4. The second kappa shape index (κ2) is 4.67. The van der Waals surface area contributed by atoms with Crippen molar-refractivity contribution < 1.29 is 30.0 Å². The second-order valence-electron chi connectivity index (χ2n) is 3.04. The van der Waals surface area contributed by atoms with E-state index in [1.165, 1.54) is 0 Å². The summed E-state index contributed by atoms with van der Waals surface area (Å²) in [4.78, 5) is 10.1. The molecule has 1 rings (SSSR count). The van der Waals surface area contributed by atoms with E-state index >= 15 is 0 Å². The SMILES string of the molecule is O=CN[C@@H]1[C@@H](O)[C@H](O)[C@@H](CO)O[C@H]1O. The van der Waals surface area contributed by atoms with Crippen LogP contribution < -0.4 is 5.32 Å². The Bertz CT molecular complexity index is 201. The standard InChI is InChI=1S/C7H13NO6/c9-1-3-5(11)6(12)4(8-2-10)7(13)14-3/h2-7,9,11-13H,1H2,(H,8,10)/t3-,4-,5-,6-,7-/m1/s1. The number of amides is 1. The highest BCUT2D eigenvalue weighted by Gasteiger charge is 2.43. The van der Waals surface area contributed by atoms with E-state index < -0.39 is 37.3 Å². The van der Waals surface area contributed by atoms with Crippen LogP contribution in [0.3, 0.4) is 0 Å². The third kappa shape index (κ3) is 2.02. The topological polar surface area (TPSA) is 119 Å². The maximum absolute atomic E-state index is 10.1. The van der Waals surface area contributed by atoms with Crippen LogP contribution >= 0.6 is 0 Å². The van der Waals surface area contributed by atoms with Crippen LogP contribution in [0.5, 0.6) is 0 Å². The van der Waals surface area contributed by atoms with E-state index in [9.17, 15) is 20.1 Å². The molecule has 1 saturated heterocycles. The molecular formula is C7H13NO6.